The number of rotatable bonds is 10. The molecule has 0 fully saturated rings. The van der Waals surface area contributed by atoms with Crippen LogP contribution >= 0.6 is 0 Å². The van der Waals surface area contributed by atoms with Crippen LogP contribution in [0.4, 0.5) is 0 Å². The van der Waals surface area contributed by atoms with Gasteiger partial charge in [-0.05, 0) is 18.6 Å². The van der Waals surface area contributed by atoms with Crippen molar-refractivity contribution in [2.45, 2.75) is 51.6 Å². The van der Waals surface area contributed by atoms with Crippen molar-refractivity contribution >= 4 is 0 Å². The van der Waals surface area contributed by atoms with E-state index in [9.17, 15) is 5.11 Å². The second-order valence-electron chi connectivity index (χ2n) is 5.14. The molecular formula is C17H28O4. The number of unbranched alkanes of at least 4 members (excludes halogenated alkanes) is 4. The number of hydrogen-bond acceptors (Lipinski definition) is 4. The first-order chi connectivity index (χ1) is 10.2. The summed E-state index contributed by atoms with van der Waals surface area (Å²) in [7, 11) is 4.73. The van der Waals surface area contributed by atoms with E-state index in [-0.39, 0.29) is 0 Å². The first-order valence-electron chi connectivity index (χ1n) is 7.66. The summed E-state index contributed by atoms with van der Waals surface area (Å²) >= 11 is 0. The van der Waals surface area contributed by atoms with Crippen LogP contribution in [0.1, 0.15) is 57.1 Å². The van der Waals surface area contributed by atoms with Gasteiger partial charge in [-0.1, -0.05) is 39.0 Å². The van der Waals surface area contributed by atoms with E-state index in [1.54, 1.807) is 27.4 Å². The Morgan fingerprint density at radius 2 is 1.57 bits per heavy atom. The summed E-state index contributed by atoms with van der Waals surface area (Å²) in [5.74, 6) is 1.69. The number of benzene rings is 1. The Morgan fingerprint density at radius 1 is 0.905 bits per heavy atom. The highest BCUT2D eigenvalue weighted by Crippen LogP contribution is 2.42. The fourth-order valence-corrected chi connectivity index (χ4v) is 2.48. The summed E-state index contributed by atoms with van der Waals surface area (Å²) < 4.78 is 16.0. The van der Waals surface area contributed by atoms with Gasteiger partial charge < -0.3 is 19.3 Å². The summed E-state index contributed by atoms with van der Waals surface area (Å²) in [5, 5.41) is 10.4. The number of aliphatic hydroxyl groups is 1. The monoisotopic (exact) mass is 296 g/mol. The van der Waals surface area contributed by atoms with Crippen molar-refractivity contribution in [3.63, 3.8) is 0 Å². The summed E-state index contributed by atoms with van der Waals surface area (Å²) in [6.07, 6.45) is 6.07. The predicted octanol–water partition coefficient (Wildman–Crippen LogP) is 4.11. The van der Waals surface area contributed by atoms with Gasteiger partial charge in [0.1, 0.15) is 0 Å². The quantitative estimate of drug-likeness (QED) is 0.660. The third-order valence-electron chi connectivity index (χ3n) is 3.67. The van der Waals surface area contributed by atoms with Gasteiger partial charge in [0.05, 0.1) is 27.4 Å². The van der Waals surface area contributed by atoms with Gasteiger partial charge >= 0.3 is 0 Å². The maximum atomic E-state index is 10.4. The lowest BCUT2D eigenvalue weighted by Crippen LogP contribution is -2.04. The van der Waals surface area contributed by atoms with Gasteiger partial charge in [-0.2, -0.15) is 0 Å². The number of hydrogen-bond donors (Lipinski definition) is 1. The van der Waals surface area contributed by atoms with E-state index < -0.39 is 6.10 Å². The third kappa shape index (κ3) is 4.81. The van der Waals surface area contributed by atoms with Gasteiger partial charge in [0, 0.05) is 5.56 Å². The third-order valence-corrected chi connectivity index (χ3v) is 3.67. The molecule has 0 aromatic heterocycles. The summed E-state index contributed by atoms with van der Waals surface area (Å²) in [6, 6.07) is 3.65. The van der Waals surface area contributed by atoms with Crippen molar-refractivity contribution in [1.82, 2.24) is 0 Å². The van der Waals surface area contributed by atoms with E-state index in [4.69, 9.17) is 14.2 Å². The average Bonchev–Trinajstić information content (AvgIpc) is 2.52. The van der Waals surface area contributed by atoms with Crippen LogP contribution in [-0.4, -0.2) is 26.4 Å². The lowest BCUT2D eigenvalue weighted by molar-refractivity contribution is 0.158. The zero-order valence-electron chi connectivity index (χ0n) is 13.6. The molecule has 0 aliphatic carbocycles. The van der Waals surface area contributed by atoms with Crippen LogP contribution in [0.15, 0.2) is 12.1 Å². The Labute approximate surface area is 128 Å². The van der Waals surface area contributed by atoms with E-state index in [1.165, 1.54) is 19.3 Å². The Hall–Kier alpha value is -1.42. The Morgan fingerprint density at radius 3 is 2.14 bits per heavy atom. The standard InChI is InChI=1S/C17H28O4/c1-5-6-7-8-9-10-14(18)13-11-12-15(19-2)17(21-4)16(13)20-3/h11-12,14,18H,5-10H2,1-4H3. The van der Waals surface area contributed by atoms with Crippen LogP contribution in [0.5, 0.6) is 17.2 Å². The molecular weight excluding hydrogens is 268 g/mol. The number of aliphatic hydroxyl groups excluding tert-OH is 1. The van der Waals surface area contributed by atoms with Crippen molar-refractivity contribution in [3.8, 4) is 17.2 Å². The molecule has 1 aromatic rings. The van der Waals surface area contributed by atoms with Crippen molar-refractivity contribution in [2.75, 3.05) is 21.3 Å². The molecule has 4 nitrogen and oxygen atoms in total. The second-order valence-corrected chi connectivity index (χ2v) is 5.14. The molecule has 21 heavy (non-hydrogen) atoms. The largest absolute Gasteiger partial charge is 0.493 e. The van der Waals surface area contributed by atoms with E-state index in [0.717, 1.165) is 24.8 Å². The number of methoxy groups -OCH3 is 3. The van der Waals surface area contributed by atoms with Gasteiger partial charge in [-0.15, -0.1) is 0 Å². The van der Waals surface area contributed by atoms with Gasteiger partial charge in [0.15, 0.2) is 11.5 Å². The first-order valence-corrected chi connectivity index (χ1v) is 7.66. The molecule has 1 atom stereocenters. The van der Waals surface area contributed by atoms with Gasteiger partial charge in [-0.25, -0.2) is 0 Å². The van der Waals surface area contributed by atoms with Gasteiger partial charge in [0.25, 0.3) is 0 Å². The minimum absolute atomic E-state index is 0.530. The van der Waals surface area contributed by atoms with E-state index in [0.29, 0.717) is 17.2 Å². The Balaban J connectivity index is 2.77. The lowest BCUT2D eigenvalue weighted by Gasteiger charge is -2.19. The highest BCUT2D eigenvalue weighted by molar-refractivity contribution is 5.56. The molecule has 0 aliphatic rings. The summed E-state index contributed by atoms with van der Waals surface area (Å²) in [5.41, 5.74) is 0.755. The van der Waals surface area contributed by atoms with Gasteiger partial charge in [-0.3, -0.25) is 0 Å². The lowest BCUT2D eigenvalue weighted by atomic mass is 10.0. The molecule has 0 spiro atoms. The minimum Gasteiger partial charge on any atom is -0.493 e. The van der Waals surface area contributed by atoms with Crippen molar-refractivity contribution < 1.29 is 19.3 Å². The first kappa shape index (κ1) is 17.6. The zero-order valence-corrected chi connectivity index (χ0v) is 13.6. The molecule has 0 amide bonds. The summed E-state index contributed by atoms with van der Waals surface area (Å²) in [6.45, 7) is 2.20. The fraction of sp³-hybridized carbons (Fsp3) is 0.647. The van der Waals surface area contributed by atoms with Crippen molar-refractivity contribution in [3.05, 3.63) is 17.7 Å². The molecule has 120 valence electrons. The smallest absolute Gasteiger partial charge is 0.203 e. The maximum absolute atomic E-state index is 10.4. The van der Waals surface area contributed by atoms with Crippen molar-refractivity contribution in [2.24, 2.45) is 0 Å². The molecule has 0 saturated heterocycles. The molecule has 0 saturated carbocycles. The maximum Gasteiger partial charge on any atom is 0.203 e. The molecule has 1 aromatic carbocycles. The molecule has 1 rings (SSSR count). The number of ether oxygens (including phenoxy) is 3. The second kappa shape index (κ2) is 9.50. The molecule has 0 bridgehead atoms. The van der Waals surface area contributed by atoms with E-state index >= 15 is 0 Å². The normalized spacial score (nSPS) is 12.0. The van der Waals surface area contributed by atoms with Crippen LogP contribution in [0, 0.1) is 0 Å². The van der Waals surface area contributed by atoms with Crippen molar-refractivity contribution in [1.29, 1.82) is 0 Å². The van der Waals surface area contributed by atoms with Crippen LogP contribution in [0.2, 0.25) is 0 Å². The summed E-state index contributed by atoms with van der Waals surface area (Å²) in [4.78, 5) is 0. The molecule has 1 N–H and O–H groups in total. The van der Waals surface area contributed by atoms with Gasteiger partial charge in [0.2, 0.25) is 5.75 Å². The molecule has 0 radical (unpaired) electrons. The molecule has 0 aliphatic heterocycles. The fourth-order valence-electron chi connectivity index (χ4n) is 2.48. The highest BCUT2D eigenvalue weighted by Gasteiger charge is 2.20. The molecule has 4 heteroatoms. The van der Waals surface area contributed by atoms with E-state index in [2.05, 4.69) is 6.92 Å². The molecule has 0 heterocycles. The van der Waals surface area contributed by atoms with Crippen LogP contribution in [0.3, 0.4) is 0 Å². The minimum atomic E-state index is -0.540. The highest BCUT2D eigenvalue weighted by atomic mass is 16.5. The van der Waals surface area contributed by atoms with Crippen LogP contribution in [-0.2, 0) is 0 Å². The predicted molar refractivity (Wildman–Crippen MR) is 84.4 cm³/mol. The average molecular weight is 296 g/mol. The van der Waals surface area contributed by atoms with E-state index in [1.807, 2.05) is 6.07 Å². The van der Waals surface area contributed by atoms with Crippen LogP contribution < -0.4 is 14.2 Å². The SMILES string of the molecule is CCCCCCCC(O)c1ccc(OC)c(OC)c1OC. The van der Waals surface area contributed by atoms with Crippen LogP contribution in [0.25, 0.3) is 0 Å². The molecule has 1 unspecified atom stereocenters. The zero-order chi connectivity index (χ0) is 15.7. The topological polar surface area (TPSA) is 47.9 Å². The Kier molecular flexibility index (Phi) is 7.98. The Bertz CT molecular complexity index is 417.